The summed E-state index contributed by atoms with van der Waals surface area (Å²) < 4.78 is 7.50. The molecule has 0 saturated carbocycles. The Bertz CT molecular complexity index is 422. The van der Waals surface area contributed by atoms with Crippen LogP contribution in [-0.4, -0.2) is 47.8 Å². The zero-order chi connectivity index (χ0) is 13.7. The molecule has 0 aromatic carbocycles. The van der Waals surface area contributed by atoms with Crippen LogP contribution in [0, 0.1) is 12.8 Å². The molecule has 1 saturated heterocycles. The van der Waals surface area contributed by atoms with Crippen LogP contribution in [0.5, 0.6) is 0 Å². The maximum atomic E-state index is 11.9. The number of hydrogen-bond donors (Lipinski definition) is 2. The maximum Gasteiger partial charge on any atom is 0.250 e. The van der Waals surface area contributed by atoms with Gasteiger partial charge in [-0.25, -0.2) is 4.98 Å². The number of nitrogens with one attached hydrogen (secondary N) is 2. The number of rotatable bonds is 5. The Morgan fingerprint density at radius 3 is 2.95 bits per heavy atom. The molecule has 1 aliphatic rings. The van der Waals surface area contributed by atoms with Crippen LogP contribution in [0.3, 0.4) is 0 Å². The SMILES string of the molecule is Cc1nccn1CC(C)CNC(=O)C1CNCCO1.Cl.Cl. The molecule has 0 aliphatic carbocycles. The zero-order valence-corrected chi connectivity index (χ0v) is 14.0. The maximum absolute atomic E-state index is 11.9. The first kappa shape index (κ1) is 20.2. The number of aromatic nitrogens is 2. The summed E-state index contributed by atoms with van der Waals surface area (Å²) in [6.07, 6.45) is 3.40. The van der Waals surface area contributed by atoms with E-state index >= 15 is 0 Å². The molecule has 2 heterocycles. The third-order valence-electron chi connectivity index (χ3n) is 3.28. The first-order chi connectivity index (χ1) is 9.16. The van der Waals surface area contributed by atoms with Gasteiger partial charge >= 0.3 is 0 Å². The fourth-order valence-corrected chi connectivity index (χ4v) is 2.12. The third kappa shape index (κ3) is 6.22. The zero-order valence-electron chi connectivity index (χ0n) is 12.4. The second-order valence-electron chi connectivity index (χ2n) is 5.04. The number of nitrogens with zero attached hydrogens (tertiary/aromatic N) is 2. The first-order valence-corrected chi connectivity index (χ1v) is 6.74. The van der Waals surface area contributed by atoms with E-state index in [1.54, 1.807) is 6.20 Å². The van der Waals surface area contributed by atoms with Crippen LogP contribution in [0.4, 0.5) is 0 Å². The number of amides is 1. The lowest BCUT2D eigenvalue weighted by atomic mass is 10.1. The number of ether oxygens (including phenoxy) is 1. The van der Waals surface area contributed by atoms with E-state index in [1.165, 1.54) is 0 Å². The van der Waals surface area contributed by atoms with E-state index in [-0.39, 0.29) is 36.8 Å². The molecule has 1 aliphatic heterocycles. The number of imidazole rings is 1. The van der Waals surface area contributed by atoms with Gasteiger partial charge < -0.3 is 19.9 Å². The Balaban J connectivity index is 0.00000200. The molecule has 2 N–H and O–H groups in total. The molecule has 1 amide bonds. The standard InChI is InChI=1S/C13H22N4O2.2ClH/c1-10(9-17-5-3-15-11(17)2)7-16-13(18)12-8-14-4-6-19-12;;/h3,5,10,12,14H,4,6-9H2,1-2H3,(H,16,18);2*1H. The fraction of sp³-hybridized carbons (Fsp3) is 0.692. The quantitative estimate of drug-likeness (QED) is 0.832. The number of halogens is 2. The summed E-state index contributed by atoms with van der Waals surface area (Å²) in [7, 11) is 0. The van der Waals surface area contributed by atoms with Crippen molar-refractivity contribution < 1.29 is 9.53 Å². The second kappa shape index (κ2) is 10.00. The van der Waals surface area contributed by atoms with Crippen molar-refractivity contribution in [3.8, 4) is 0 Å². The van der Waals surface area contributed by atoms with Crippen LogP contribution in [0.1, 0.15) is 12.7 Å². The molecule has 2 unspecified atom stereocenters. The highest BCUT2D eigenvalue weighted by molar-refractivity contribution is 5.85. The number of aryl methyl sites for hydroxylation is 1. The monoisotopic (exact) mass is 338 g/mol. The van der Waals surface area contributed by atoms with Gasteiger partial charge in [0.05, 0.1) is 6.61 Å². The predicted octanol–water partition coefficient (Wildman–Crippen LogP) is 0.776. The molecule has 1 fully saturated rings. The Labute approximate surface area is 137 Å². The lowest BCUT2D eigenvalue weighted by Gasteiger charge is -2.23. The lowest BCUT2D eigenvalue weighted by molar-refractivity contribution is -0.134. The number of carbonyl (C=O) groups is 1. The van der Waals surface area contributed by atoms with Crippen LogP contribution in [0.2, 0.25) is 0 Å². The van der Waals surface area contributed by atoms with Crippen LogP contribution >= 0.6 is 24.8 Å². The summed E-state index contributed by atoms with van der Waals surface area (Å²) in [6.45, 7) is 7.61. The van der Waals surface area contributed by atoms with E-state index in [9.17, 15) is 4.79 Å². The van der Waals surface area contributed by atoms with Gasteiger partial charge in [-0.2, -0.15) is 0 Å². The van der Waals surface area contributed by atoms with Crippen molar-refractivity contribution in [1.29, 1.82) is 0 Å². The summed E-state index contributed by atoms with van der Waals surface area (Å²) >= 11 is 0. The minimum absolute atomic E-state index is 0. The topological polar surface area (TPSA) is 68.2 Å². The van der Waals surface area contributed by atoms with Crippen molar-refractivity contribution in [2.45, 2.75) is 26.5 Å². The van der Waals surface area contributed by atoms with Crippen molar-refractivity contribution in [1.82, 2.24) is 20.2 Å². The van der Waals surface area contributed by atoms with Gasteiger partial charge in [-0.3, -0.25) is 4.79 Å². The molecule has 0 spiro atoms. The molecule has 1 aromatic heterocycles. The second-order valence-corrected chi connectivity index (χ2v) is 5.04. The minimum atomic E-state index is -0.351. The molecule has 2 atom stereocenters. The highest BCUT2D eigenvalue weighted by Crippen LogP contribution is 2.03. The Morgan fingerprint density at radius 1 is 1.62 bits per heavy atom. The first-order valence-electron chi connectivity index (χ1n) is 6.74. The Kier molecular flexibility index (Phi) is 9.61. The average molecular weight is 339 g/mol. The Hall–Kier alpha value is -0.820. The van der Waals surface area contributed by atoms with Gasteiger partial charge in [0.2, 0.25) is 5.91 Å². The van der Waals surface area contributed by atoms with Crippen molar-refractivity contribution in [2.75, 3.05) is 26.2 Å². The van der Waals surface area contributed by atoms with E-state index in [1.807, 2.05) is 13.1 Å². The van der Waals surface area contributed by atoms with Crippen molar-refractivity contribution >= 4 is 30.7 Å². The highest BCUT2D eigenvalue weighted by Gasteiger charge is 2.21. The van der Waals surface area contributed by atoms with Gasteiger partial charge in [-0.15, -0.1) is 24.8 Å². The highest BCUT2D eigenvalue weighted by atomic mass is 35.5. The molecular weight excluding hydrogens is 315 g/mol. The molecule has 0 radical (unpaired) electrons. The summed E-state index contributed by atoms with van der Waals surface area (Å²) in [5.74, 6) is 1.33. The van der Waals surface area contributed by atoms with E-state index < -0.39 is 0 Å². The summed E-state index contributed by atoms with van der Waals surface area (Å²) in [5, 5.41) is 6.10. The largest absolute Gasteiger partial charge is 0.366 e. The van der Waals surface area contributed by atoms with Gasteiger partial charge in [0.1, 0.15) is 11.9 Å². The molecule has 6 nitrogen and oxygen atoms in total. The van der Waals surface area contributed by atoms with Gasteiger partial charge in [0.25, 0.3) is 0 Å². The molecule has 8 heteroatoms. The normalized spacial score (nSPS) is 19.0. The summed E-state index contributed by atoms with van der Waals surface area (Å²) in [4.78, 5) is 16.1. The fourth-order valence-electron chi connectivity index (χ4n) is 2.12. The van der Waals surface area contributed by atoms with Gasteiger partial charge in [-0.05, 0) is 12.8 Å². The Morgan fingerprint density at radius 2 is 2.38 bits per heavy atom. The smallest absolute Gasteiger partial charge is 0.250 e. The molecule has 21 heavy (non-hydrogen) atoms. The van der Waals surface area contributed by atoms with Crippen LogP contribution in [0.15, 0.2) is 12.4 Å². The number of morpholine rings is 1. The van der Waals surface area contributed by atoms with E-state index in [0.717, 1.165) is 18.9 Å². The van der Waals surface area contributed by atoms with Crippen LogP contribution < -0.4 is 10.6 Å². The van der Waals surface area contributed by atoms with Gasteiger partial charge in [0.15, 0.2) is 0 Å². The number of hydrogen-bond acceptors (Lipinski definition) is 4. The lowest BCUT2D eigenvalue weighted by Crippen LogP contribution is -2.48. The minimum Gasteiger partial charge on any atom is -0.366 e. The summed E-state index contributed by atoms with van der Waals surface area (Å²) in [5.41, 5.74) is 0. The van der Waals surface area contributed by atoms with E-state index in [4.69, 9.17) is 4.74 Å². The molecule has 2 rings (SSSR count). The van der Waals surface area contributed by atoms with Crippen molar-refractivity contribution in [3.63, 3.8) is 0 Å². The molecule has 122 valence electrons. The van der Waals surface area contributed by atoms with Gasteiger partial charge in [-0.1, -0.05) is 6.92 Å². The van der Waals surface area contributed by atoms with E-state index in [2.05, 4.69) is 27.1 Å². The summed E-state index contributed by atoms with van der Waals surface area (Å²) in [6, 6.07) is 0. The van der Waals surface area contributed by atoms with Crippen LogP contribution in [-0.2, 0) is 16.1 Å². The molecular formula is C13H24Cl2N4O2. The van der Waals surface area contributed by atoms with E-state index in [0.29, 0.717) is 25.6 Å². The van der Waals surface area contributed by atoms with Crippen molar-refractivity contribution in [2.24, 2.45) is 5.92 Å². The average Bonchev–Trinajstić information content (AvgIpc) is 2.82. The molecule has 1 aromatic rings. The molecule has 0 bridgehead atoms. The van der Waals surface area contributed by atoms with Crippen molar-refractivity contribution in [3.05, 3.63) is 18.2 Å². The van der Waals surface area contributed by atoms with Gasteiger partial charge in [0, 0.05) is 38.6 Å². The number of carbonyl (C=O) groups excluding carboxylic acids is 1. The predicted molar refractivity (Wildman–Crippen MR) is 86.2 cm³/mol. The third-order valence-corrected chi connectivity index (χ3v) is 3.28. The van der Waals surface area contributed by atoms with Crippen LogP contribution in [0.25, 0.3) is 0 Å².